The molecular weight excluding hydrogens is 318 g/mol. The average molecular weight is 337 g/mol. The van der Waals surface area contributed by atoms with E-state index in [1.165, 1.54) is 0 Å². The molecule has 2 aromatic carbocycles. The number of rotatable bonds is 5. The van der Waals surface area contributed by atoms with Gasteiger partial charge in [0.05, 0.1) is 5.69 Å². The van der Waals surface area contributed by atoms with Crippen molar-refractivity contribution in [3.63, 3.8) is 0 Å². The zero-order chi connectivity index (χ0) is 16.9. The second-order valence-electron chi connectivity index (χ2n) is 5.39. The summed E-state index contributed by atoms with van der Waals surface area (Å²) in [5, 5.41) is 6.23. The van der Waals surface area contributed by atoms with Gasteiger partial charge < -0.3 is 5.32 Å². The van der Waals surface area contributed by atoms with Crippen LogP contribution in [0.5, 0.6) is 0 Å². The van der Waals surface area contributed by atoms with Gasteiger partial charge in [0, 0.05) is 35.8 Å². The van der Waals surface area contributed by atoms with Crippen LogP contribution in [0.3, 0.4) is 0 Å². The zero-order valence-electron chi connectivity index (χ0n) is 13.7. The summed E-state index contributed by atoms with van der Waals surface area (Å²) in [6.45, 7) is 2.35. The molecule has 24 heavy (non-hydrogen) atoms. The Morgan fingerprint density at radius 2 is 1.75 bits per heavy atom. The lowest BCUT2D eigenvalue weighted by Crippen LogP contribution is -2.22. The number of amides is 1. The quantitative estimate of drug-likeness (QED) is 0.758. The second-order valence-corrected chi connectivity index (χ2v) is 6.34. The molecule has 1 amide bonds. The lowest BCUT2D eigenvalue weighted by molar-refractivity contribution is -0.115. The number of nitrogens with zero attached hydrogens (tertiary/aromatic N) is 2. The van der Waals surface area contributed by atoms with E-state index in [-0.39, 0.29) is 5.91 Å². The van der Waals surface area contributed by atoms with Crippen LogP contribution in [-0.2, 0) is 11.3 Å². The van der Waals surface area contributed by atoms with Crippen molar-refractivity contribution in [2.75, 3.05) is 11.9 Å². The molecule has 0 atom stereocenters. The van der Waals surface area contributed by atoms with Gasteiger partial charge in [-0.2, -0.15) is 0 Å². The van der Waals surface area contributed by atoms with Gasteiger partial charge >= 0.3 is 0 Å². The van der Waals surface area contributed by atoms with Gasteiger partial charge in [0.15, 0.2) is 0 Å². The van der Waals surface area contributed by atoms with E-state index in [9.17, 15) is 4.79 Å². The Hall–Kier alpha value is -2.50. The Morgan fingerprint density at radius 1 is 1.08 bits per heavy atom. The summed E-state index contributed by atoms with van der Waals surface area (Å²) in [6, 6.07) is 17.6. The monoisotopic (exact) mass is 337 g/mol. The smallest absolute Gasteiger partial charge is 0.228 e. The van der Waals surface area contributed by atoms with Crippen LogP contribution in [0.15, 0.2) is 60.0 Å². The van der Waals surface area contributed by atoms with Crippen LogP contribution in [0.4, 0.5) is 11.4 Å². The Bertz CT molecular complexity index is 812. The third-order valence-corrected chi connectivity index (χ3v) is 4.48. The van der Waals surface area contributed by atoms with Crippen molar-refractivity contribution >= 4 is 28.6 Å². The predicted octanol–water partition coefficient (Wildman–Crippen LogP) is 4.21. The third kappa shape index (κ3) is 3.53. The maximum atomic E-state index is 12.1. The molecule has 4 nitrogen and oxygen atoms in total. The molecule has 1 heterocycles. The van der Waals surface area contributed by atoms with Gasteiger partial charge in [0.1, 0.15) is 5.01 Å². The van der Waals surface area contributed by atoms with Crippen LogP contribution in [0.25, 0.3) is 11.3 Å². The first-order valence-corrected chi connectivity index (χ1v) is 8.62. The number of carbonyl (C=O) groups is 1. The molecule has 0 saturated carbocycles. The van der Waals surface area contributed by atoms with E-state index in [2.05, 4.69) is 15.7 Å². The summed E-state index contributed by atoms with van der Waals surface area (Å²) in [7, 11) is 1.91. The van der Waals surface area contributed by atoms with E-state index in [1.54, 1.807) is 23.2 Å². The van der Waals surface area contributed by atoms with Gasteiger partial charge in [-0.15, -0.1) is 11.3 Å². The highest BCUT2D eigenvalue weighted by atomic mass is 32.1. The number of anilines is 2. The molecule has 0 aliphatic heterocycles. The molecular formula is C19H19N3OS. The highest BCUT2D eigenvalue weighted by Crippen LogP contribution is 2.29. The molecule has 1 N–H and O–H groups in total. The minimum Gasteiger partial charge on any atom is -0.314 e. The first-order valence-electron chi connectivity index (χ1n) is 7.74. The van der Waals surface area contributed by atoms with Gasteiger partial charge in [0.25, 0.3) is 0 Å². The predicted molar refractivity (Wildman–Crippen MR) is 99.6 cm³/mol. The van der Waals surface area contributed by atoms with Crippen molar-refractivity contribution in [2.24, 2.45) is 0 Å². The molecule has 122 valence electrons. The Balaban J connectivity index is 1.88. The number of nitrogens with one attached hydrogen (secondary N) is 1. The fourth-order valence-corrected chi connectivity index (χ4v) is 3.36. The van der Waals surface area contributed by atoms with Crippen LogP contribution in [0.1, 0.15) is 11.9 Å². The molecule has 0 bridgehead atoms. The summed E-state index contributed by atoms with van der Waals surface area (Å²) < 4.78 is 0. The van der Waals surface area contributed by atoms with E-state index in [4.69, 9.17) is 0 Å². The molecule has 3 rings (SSSR count). The van der Waals surface area contributed by atoms with Crippen molar-refractivity contribution in [2.45, 2.75) is 13.5 Å². The first kappa shape index (κ1) is 16.4. The standard InChI is InChI=1S/C19H19N3OS/c1-14(23)22(16-6-4-3-5-7-16)17-10-8-15(9-11-17)18-13-24-19(21-18)12-20-2/h3-11,13,20H,12H2,1-2H3. The van der Waals surface area contributed by atoms with Gasteiger partial charge in [0.2, 0.25) is 5.91 Å². The van der Waals surface area contributed by atoms with Crippen molar-refractivity contribution < 1.29 is 4.79 Å². The highest BCUT2D eigenvalue weighted by Gasteiger charge is 2.14. The number of aromatic nitrogens is 1. The largest absolute Gasteiger partial charge is 0.314 e. The number of para-hydroxylation sites is 1. The van der Waals surface area contributed by atoms with Crippen molar-refractivity contribution in [1.29, 1.82) is 0 Å². The van der Waals surface area contributed by atoms with Crippen molar-refractivity contribution in [1.82, 2.24) is 10.3 Å². The highest BCUT2D eigenvalue weighted by molar-refractivity contribution is 7.09. The van der Waals surface area contributed by atoms with Gasteiger partial charge in [-0.25, -0.2) is 4.98 Å². The molecule has 0 radical (unpaired) electrons. The number of thiazole rings is 1. The number of hydrogen-bond acceptors (Lipinski definition) is 4. The second kappa shape index (κ2) is 7.38. The first-order chi connectivity index (χ1) is 11.7. The van der Waals surface area contributed by atoms with Gasteiger partial charge in [-0.05, 0) is 31.3 Å². The number of hydrogen-bond donors (Lipinski definition) is 1. The van der Waals surface area contributed by atoms with E-state index in [0.717, 1.165) is 34.2 Å². The Kier molecular flexibility index (Phi) is 5.03. The summed E-state index contributed by atoms with van der Waals surface area (Å²) in [6.07, 6.45) is 0. The normalized spacial score (nSPS) is 10.6. The minimum atomic E-state index is -0.0149. The van der Waals surface area contributed by atoms with Crippen molar-refractivity contribution in [3.8, 4) is 11.3 Å². The maximum absolute atomic E-state index is 12.1. The van der Waals surface area contributed by atoms with E-state index >= 15 is 0 Å². The van der Waals surface area contributed by atoms with E-state index < -0.39 is 0 Å². The summed E-state index contributed by atoms with van der Waals surface area (Å²) in [5.74, 6) is -0.0149. The fraction of sp³-hybridized carbons (Fsp3) is 0.158. The Morgan fingerprint density at radius 3 is 2.38 bits per heavy atom. The molecule has 1 aromatic heterocycles. The lowest BCUT2D eigenvalue weighted by atomic mass is 10.1. The zero-order valence-corrected chi connectivity index (χ0v) is 14.5. The van der Waals surface area contributed by atoms with Gasteiger partial charge in [-0.3, -0.25) is 9.69 Å². The number of benzene rings is 2. The summed E-state index contributed by atoms with van der Waals surface area (Å²) in [5.41, 5.74) is 3.73. The molecule has 0 fully saturated rings. The van der Waals surface area contributed by atoms with E-state index in [0.29, 0.717) is 0 Å². The molecule has 5 heteroatoms. The van der Waals surface area contributed by atoms with E-state index in [1.807, 2.05) is 61.6 Å². The molecule has 0 aliphatic rings. The summed E-state index contributed by atoms with van der Waals surface area (Å²) >= 11 is 1.64. The molecule has 0 unspecified atom stereocenters. The Labute approximate surface area is 145 Å². The van der Waals surface area contributed by atoms with Gasteiger partial charge in [-0.1, -0.05) is 30.3 Å². The number of carbonyl (C=O) groups excluding carboxylic acids is 1. The SMILES string of the molecule is CNCc1nc(-c2ccc(N(C(C)=O)c3ccccc3)cc2)cs1. The third-order valence-electron chi connectivity index (χ3n) is 3.63. The summed E-state index contributed by atoms with van der Waals surface area (Å²) in [4.78, 5) is 18.4. The average Bonchev–Trinajstić information content (AvgIpc) is 3.05. The van der Waals surface area contributed by atoms with Crippen LogP contribution in [0.2, 0.25) is 0 Å². The van der Waals surface area contributed by atoms with Crippen LogP contribution >= 0.6 is 11.3 Å². The van der Waals surface area contributed by atoms with Crippen LogP contribution < -0.4 is 10.2 Å². The fourth-order valence-electron chi connectivity index (χ4n) is 2.55. The van der Waals surface area contributed by atoms with Crippen LogP contribution in [0, 0.1) is 0 Å². The topological polar surface area (TPSA) is 45.2 Å². The van der Waals surface area contributed by atoms with Crippen LogP contribution in [-0.4, -0.2) is 17.9 Å². The molecule has 0 spiro atoms. The van der Waals surface area contributed by atoms with Crippen molar-refractivity contribution in [3.05, 3.63) is 65.0 Å². The molecule has 0 saturated heterocycles. The molecule has 3 aromatic rings. The minimum absolute atomic E-state index is 0.0149. The molecule has 0 aliphatic carbocycles. The lowest BCUT2D eigenvalue weighted by Gasteiger charge is -2.21. The maximum Gasteiger partial charge on any atom is 0.228 e.